The molecule has 19 heavy (non-hydrogen) atoms. The zero-order valence-corrected chi connectivity index (χ0v) is 11.2. The average Bonchev–Trinajstić information content (AvgIpc) is 2.79. The van der Waals surface area contributed by atoms with Crippen molar-refractivity contribution in [3.05, 3.63) is 29.6 Å². The summed E-state index contributed by atoms with van der Waals surface area (Å²) in [5.41, 5.74) is 1.01. The van der Waals surface area contributed by atoms with E-state index in [4.69, 9.17) is 9.47 Å². The van der Waals surface area contributed by atoms with E-state index in [1.54, 1.807) is 12.1 Å². The van der Waals surface area contributed by atoms with Crippen LogP contribution in [0.5, 0.6) is 5.75 Å². The summed E-state index contributed by atoms with van der Waals surface area (Å²) < 4.78 is 24.5. The standard InChI is InChI=1S/C15H20FNO2/c1-15(5-2-6-18-10-15)17-9-13-8-11-7-12(16)3-4-14(11)19-13/h3-4,7,13,17H,2,5-6,8-10H2,1H3. The van der Waals surface area contributed by atoms with E-state index < -0.39 is 0 Å². The highest BCUT2D eigenvalue weighted by Crippen LogP contribution is 2.29. The van der Waals surface area contributed by atoms with Gasteiger partial charge in [0.1, 0.15) is 17.7 Å². The number of ether oxygens (including phenoxy) is 2. The van der Waals surface area contributed by atoms with Crippen LogP contribution in [0.2, 0.25) is 0 Å². The first kappa shape index (κ1) is 12.9. The van der Waals surface area contributed by atoms with Crippen molar-refractivity contribution in [1.82, 2.24) is 5.32 Å². The number of fused-ring (bicyclic) bond motifs is 1. The van der Waals surface area contributed by atoms with E-state index in [9.17, 15) is 4.39 Å². The van der Waals surface area contributed by atoms with Gasteiger partial charge in [-0.05, 0) is 38.0 Å². The fourth-order valence-corrected chi connectivity index (χ4v) is 2.84. The van der Waals surface area contributed by atoms with Crippen LogP contribution >= 0.6 is 0 Å². The molecular formula is C15H20FNO2. The first-order valence-electron chi connectivity index (χ1n) is 6.92. The first-order valence-corrected chi connectivity index (χ1v) is 6.92. The van der Waals surface area contributed by atoms with Gasteiger partial charge in [-0.25, -0.2) is 4.39 Å². The lowest BCUT2D eigenvalue weighted by atomic mass is 9.94. The number of benzene rings is 1. The molecule has 0 saturated carbocycles. The summed E-state index contributed by atoms with van der Waals surface area (Å²) in [7, 11) is 0. The zero-order chi connectivity index (χ0) is 13.3. The molecule has 2 aliphatic rings. The van der Waals surface area contributed by atoms with Gasteiger partial charge in [0, 0.05) is 30.7 Å². The monoisotopic (exact) mass is 265 g/mol. The summed E-state index contributed by atoms with van der Waals surface area (Å²) >= 11 is 0. The van der Waals surface area contributed by atoms with E-state index in [2.05, 4.69) is 12.2 Å². The first-order chi connectivity index (χ1) is 9.15. The summed E-state index contributed by atoms with van der Waals surface area (Å²) in [6, 6.07) is 4.74. The van der Waals surface area contributed by atoms with Gasteiger partial charge in [0.25, 0.3) is 0 Å². The lowest BCUT2D eigenvalue weighted by Crippen LogP contribution is -2.51. The maximum absolute atomic E-state index is 13.1. The maximum Gasteiger partial charge on any atom is 0.123 e. The third kappa shape index (κ3) is 2.90. The van der Waals surface area contributed by atoms with Crippen molar-refractivity contribution in [2.24, 2.45) is 0 Å². The Morgan fingerprint density at radius 2 is 2.37 bits per heavy atom. The van der Waals surface area contributed by atoms with Gasteiger partial charge in [0.05, 0.1) is 6.61 Å². The lowest BCUT2D eigenvalue weighted by Gasteiger charge is -2.35. The SMILES string of the molecule is CC1(NCC2Cc3cc(F)ccc3O2)CCCOC1. The molecule has 1 saturated heterocycles. The van der Waals surface area contributed by atoms with Crippen molar-refractivity contribution >= 4 is 0 Å². The van der Waals surface area contributed by atoms with Crippen molar-refractivity contribution in [2.75, 3.05) is 19.8 Å². The van der Waals surface area contributed by atoms with E-state index >= 15 is 0 Å². The highest BCUT2D eigenvalue weighted by Gasteiger charge is 2.30. The molecule has 1 fully saturated rings. The van der Waals surface area contributed by atoms with E-state index in [1.807, 2.05) is 0 Å². The van der Waals surface area contributed by atoms with Gasteiger partial charge in [-0.2, -0.15) is 0 Å². The molecule has 2 aliphatic heterocycles. The molecule has 0 aromatic heterocycles. The topological polar surface area (TPSA) is 30.5 Å². The molecule has 3 rings (SSSR count). The normalized spacial score (nSPS) is 29.9. The second-order valence-corrected chi connectivity index (χ2v) is 5.79. The smallest absolute Gasteiger partial charge is 0.123 e. The molecule has 2 heterocycles. The van der Waals surface area contributed by atoms with Crippen LogP contribution in [0.1, 0.15) is 25.3 Å². The predicted octanol–water partition coefficient (Wildman–Crippen LogP) is 2.29. The summed E-state index contributed by atoms with van der Waals surface area (Å²) in [6.07, 6.45) is 3.09. The van der Waals surface area contributed by atoms with Crippen LogP contribution in [-0.4, -0.2) is 31.4 Å². The van der Waals surface area contributed by atoms with Crippen molar-refractivity contribution < 1.29 is 13.9 Å². The van der Waals surface area contributed by atoms with E-state index in [0.717, 1.165) is 50.3 Å². The Balaban J connectivity index is 1.55. The second-order valence-electron chi connectivity index (χ2n) is 5.79. The van der Waals surface area contributed by atoms with Gasteiger partial charge in [0.15, 0.2) is 0 Å². The third-order valence-corrected chi connectivity index (χ3v) is 3.96. The molecule has 1 N–H and O–H groups in total. The molecule has 1 aromatic carbocycles. The summed E-state index contributed by atoms with van der Waals surface area (Å²) in [5.74, 6) is 0.627. The van der Waals surface area contributed by atoms with Crippen molar-refractivity contribution in [2.45, 2.75) is 37.8 Å². The van der Waals surface area contributed by atoms with Crippen LogP contribution in [-0.2, 0) is 11.2 Å². The largest absolute Gasteiger partial charge is 0.488 e. The van der Waals surface area contributed by atoms with Crippen LogP contribution in [0.15, 0.2) is 18.2 Å². The molecule has 0 spiro atoms. The van der Waals surface area contributed by atoms with Crippen LogP contribution in [0, 0.1) is 5.82 Å². The van der Waals surface area contributed by atoms with Gasteiger partial charge in [-0.15, -0.1) is 0 Å². The molecule has 0 aliphatic carbocycles. The van der Waals surface area contributed by atoms with Gasteiger partial charge >= 0.3 is 0 Å². The maximum atomic E-state index is 13.1. The molecule has 104 valence electrons. The Morgan fingerprint density at radius 3 is 3.16 bits per heavy atom. The van der Waals surface area contributed by atoms with E-state index in [1.165, 1.54) is 6.07 Å². The van der Waals surface area contributed by atoms with Gasteiger partial charge in [0.2, 0.25) is 0 Å². The fourth-order valence-electron chi connectivity index (χ4n) is 2.84. The Bertz CT molecular complexity index is 457. The second kappa shape index (κ2) is 5.10. The Morgan fingerprint density at radius 1 is 1.47 bits per heavy atom. The van der Waals surface area contributed by atoms with Gasteiger partial charge in [-0.1, -0.05) is 0 Å². The molecule has 2 atom stereocenters. The molecule has 0 bridgehead atoms. The van der Waals surface area contributed by atoms with Crippen LogP contribution in [0.4, 0.5) is 4.39 Å². The summed E-state index contributed by atoms with van der Waals surface area (Å²) in [5, 5.41) is 3.55. The minimum absolute atomic E-state index is 0.0433. The van der Waals surface area contributed by atoms with Crippen molar-refractivity contribution in [3.8, 4) is 5.75 Å². The predicted molar refractivity (Wildman–Crippen MR) is 71.0 cm³/mol. The Hall–Kier alpha value is -1.13. The molecule has 2 unspecified atom stereocenters. The van der Waals surface area contributed by atoms with Crippen molar-refractivity contribution in [1.29, 1.82) is 0 Å². The minimum Gasteiger partial charge on any atom is -0.488 e. The number of halogens is 1. The van der Waals surface area contributed by atoms with Crippen molar-refractivity contribution in [3.63, 3.8) is 0 Å². The highest BCUT2D eigenvalue weighted by molar-refractivity contribution is 5.37. The molecule has 1 aromatic rings. The minimum atomic E-state index is -0.191. The Kier molecular flexibility index (Phi) is 3.46. The molecule has 4 heteroatoms. The highest BCUT2D eigenvalue weighted by atomic mass is 19.1. The van der Waals surface area contributed by atoms with Gasteiger partial charge < -0.3 is 14.8 Å². The number of rotatable bonds is 3. The van der Waals surface area contributed by atoms with E-state index in [0.29, 0.717) is 0 Å². The zero-order valence-electron chi connectivity index (χ0n) is 11.2. The number of hydrogen-bond donors (Lipinski definition) is 1. The number of hydrogen-bond acceptors (Lipinski definition) is 3. The average molecular weight is 265 g/mol. The summed E-state index contributed by atoms with van der Waals surface area (Å²) in [4.78, 5) is 0. The molecular weight excluding hydrogens is 245 g/mol. The van der Waals surface area contributed by atoms with Crippen LogP contribution < -0.4 is 10.1 Å². The lowest BCUT2D eigenvalue weighted by molar-refractivity contribution is 0.0245. The molecule has 3 nitrogen and oxygen atoms in total. The fraction of sp³-hybridized carbons (Fsp3) is 0.600. The van der Waals surface area contributed by atoms with Crippen LogP contribution in [0.25, 0.3) is 0 Å². The van der Waals surface area contributed by atoms with E-state index in [-0.39, 0.29) is 17.5 Å². The van der Waals surface area contributed by atoms with Gasteiger partial charge in [-0.3, -0.25) is 0 Å². The number of nitrogens with one attached hydrogen (secondary N) is 1. The Labute approximate surface area is 113 Å². The quantitative estimate of drug-likeness (QED) is 0.909. The molecule has 0 amide bonds. The van der Waals surface area contributed by atoms with Crippen LogP contribution in [0.3, 0.4) is 0 Å². The molecule has 0 radical (unpaired) electrons. The summed E-state index contributed by atoms with van der Waals surface area (Å²) in [6.45, 7) is 4.58. The third-order valence-electron chi connectivity index (χ3n) is 3.96.